The Morgan fingerprint density at radius 1 is 1.30 bits per heavy atom. The number of sulfonamides is 1. The van der Waals surface area contributed by atoms with E-state index >= 15 is 0 Å². The van der Waals surface area contributed by atoms with Gasteiger partial charge in [-0.25, -0.2) is 12.8 Å². The third-order valence-corrected chi connectivity index (χ3v) is 8.40. The Kier molecular flexibility index (Phi) is 7.82. The number of ether oxygens (including phenoxy) is 1. The quantitative estimate of drug-likeness (QED) is 0.349. The molecule has 0 saturated heterocycles. The SMILES string of the molecule is CCn1cc(S(=O)(=O)N2C[C@H](CCC(=O)O)Oc3ccc(/C=C(\C)c4c(F)cccc4Cl)cc32)c(Cl)n1. The summed E-state index contributed by atoms with van der Waals surface area (Å²) in [7, 11) is -4.19. The van der Waals surface area contributed by atoms with Gasteiger partial charge in [-0.05, 0) is 55.7 Å². The molecule has 196 valence electrons. The molecule has 2 heterocycles. The van der Waals surface area contributed by atoms with Crippen LogP contribution in [0.15, 0.2) is 47.5 Å². The summed E-state index contributed by atoms with van der Waals surface area (Å²) >= 11 is 12.4. The number of hydrogen-bond acceptors (Lipinski definition) is 5. The van der Waals surface area contributed by atoms with E-state index in [4.69, 9.17) is 33.0 Å². The van der Waals surface area contributed by atoms with E-state index in [2.05, 4.69) is 5.10 Å². The maximum absolute atomic E-state index is 14.4. The number of aliphatic carboxylic acids is 1. The van der Waals surface area contributed by atoms with Crippen LogP contribution in [-0.4, -0.2) is 41.9 Å². The van der Waals surface area contributed by atoms with Crippen molar-refractivity contribution < 1.29 is 27.4 Å². The Morgan fingerprint density at radius 2 is 2.05 bits per heavy atom. The molecule has 3 aromatic rings. The van der Waals surface area contributed by atoms with Gasteiger partial charge in [-0.15, -0.1) is 0 Å². The highest BCUT2D eigenvalue weighted by atomic mass is 35.5. The highest BCUT2D eigenvalue weighted by molar-refractivity contribution is 7.93. The summed E-state index contributed by atoms with van der Waals surface area (Å²) in [6.07, 6.45) is 2.26. The molecule has 0 bridgehead atoms. The summed E-state index contributed by atoms with van der Waals surface area (Å²) in [6, 6.07) is 9.32. The largest absolute Gasteiger partial charge is 0.486 e. The molecule has 1 atom stereocenters. The monoisotopic (exact) mass is 567 g/mol. The minimum atomic E-state index is -4.19. The Bertz CT molecular complexity index is 1470. The molecule has 8 nitrogen and oxygen atoms in total. The van der Waals surface area contributed by atoms with Gasteiger partial charge in [0.05, 0.1) is 17.3 Å². The molecule has 4 rings (SSSR count). The van der Waals surface area contributed by atoms with Gasteiger partial charge in [-0.3, -0.25) is 13.8 Å². The van der Waals surface area contributed by atoms with E-state index in [0.29, 0.717) is 17.7 Å². The van der Waals surface area contributed by atoms with Gasteiger partial charge < -0.3 is 9.84 Å². The number of anilines is 1. The summed E-state index contributed by atoms with van der Waals surface area (Å²) in [6.45, 7) is 3.80. The van der Waals surface area contributed by atoms with Gasteiger partial charge in [0.2, 0.25) is 0 Å². The van der Waals surface area contributed by atoms with Crippen LogP contribution in [0.5, 0.6) is 5.75 Å². The highest BCUT2D eigenvalue weighted by Gasteiger charge is 2.37. The van der Waals surface area contributed by atoms with E-state index in [-0.39, 0.29) is 51.5 Å². The molecule has 0 unspecified atom stereocenters. The Labute approximate surface area is 223 Å². The van der Waals surface area contributed by atoms with E-state index < -0.39 is 27.9 Å². The first-order chi connectivity index (χ1) is 17.5. The molecule has 0 saturated carbocycles. The number of benzene rings is 2. The molecule has 0 spiro atoms. The lowest BCUT2D eigenvalue weighted by molar-refractivity contribution is -0.137. The molecular weight excluding hydrogens is 544 g/mol. The number of allylic oxidation sites excluding steroid dienone is 1. The molecule has 12 heteroatoms. The predicted molar refractivity (Wildman–Crippen MR) is 140 cm³/mol. The number of rotatable bonds is 8. The number of halogens is 3. The second-order valence-electron chi connectivity index (χ2n) is 8.50. The summed E-state index contributed by atoms with van der Waals surface area (Å²) in [5.74, 6) is -1.22. The lowest BCUT2D eigenvalue weighted by atomic mass is 10.0. The average molecular weight is 568 g/mol. The Balaban J connectivity index is 1.79. The van der Waals surface area contributed by atoms with Crippen molar-refractivity contribution in [3.05, 3.63) is 69.7 Å². The van der Waals surface area contributed by atoms with Gasteiger partial charge in [0.25, 0.3) is 10.0 Å². The summed E-state index contributed by atoms with van der Waals surface area (Å²) < 4.78 is 50.5. The van der Waals surface area contributed by atoms with Gasteiger partial charge in [-0.1, -0.05) is 41.4 Å². The van der Waals surface area contributed by atoms with Crippen LogP contribution >= 0.6 is 23.2 Å². The van der Waals surface area contributed by atoms with Crippen molar-refractivity contribution in [2.24, 2.45) is 0 Å². The molecule has 37 heavy (non-hydrogen) atoms. The molecule has 1 aliphatic heterocycles. The fourth-order valence-corrected chi connectivity index (χ4v) is 6.37. The zero-order valence-corrected chi connectivity index (χ0v) is 22.3. The third-order valence-electron chi connectivity index (χ3n) is 5.91. The van der Waals surface area contributed by atoms with Crippen LogP contribution in [0, 0.1) is 5.82 Å². The zero-order chi connectivity index (χ0) is 26.9. The number of carbonyl (C=O) groups is 1. The number of carboxylic acids is 1. The van der Waals surface area contributed by atoms with Crippen molar-refractivity contribution >= 4 is 56.5 Å². The van der Waals surface area contributed by atoms with Crippen molar-refractivity contribution in [2.45, 2.75) is 44.2 Å². The summed E-state index contributed by atoms with van der Waals surface area (Å²) in [5, 5.41) is 13.2. The van der Waals surface area contributed by atoms with Crippen LogP contribution < -0.4 is 9.04 Å². The first kappa shape index (κ1) is 27.0. The molecular formula is C25H24Cl2FN3O5S. The number of nitrogens with zero attached hydrogens (tertiary/aromatic N) is 3. The molecule has 1 aromatic heterocycles. The number of carboxylic acid groups (broad SMARTS) is 1. The van der Waals surface area contributed by atoms with E-state index in [1.807, 2.05) is 0 Å². The normalized spacial score (nSPS) is 15.9. The first-order valence-electron chi connectivity index (χ1n) is 11.4. The van der Waals surface area contributed by atoms with Crippen molar-refractivity contribution in [1.29, 1.82) is 0 Å². The van der Waals surface area contributed by atoms with Crippen molar-refractivity contribution in [2.75, 3.05) is 10.8 Å². The highest BCUT2D eigenvalue weighted by Crippen LogP contribution is 2.40. The van der Waals surface area contributed by atoms with Gasteiger partial charge in [0.15, 0.2) is 5.15 Å². The lowest BCUT2D eigenvalue weighted by Gasteiger charge is -2.35. The van der Waals surface area contributed by atoms with E-state index in [1.165, 1.54) is 23.0 Å². The second-order valence-corrected chi connectivity index (χ2v) is 11.1. The van der Waals surface area contributed by atoms with Gasteiger partial charge in [0, 0.05) is 24.7 Å². The maximum atomic E-state index is 14.4. The van der Waals surface area contributed by atoms with E-state index in [9.17, 15) is 17.6 Å². The maximum Gasteiger partial charge on any atom is 0.303 e. The van der Waals surface area contributed by atoms with Gasteiger partial charge in [0.1, 0.15) is 22.6 Å². The molecule has 0 amide bonds. The Hall–Kier alpha value is -3.08. The van der Waals surface area contributed by atoms with Crippen LogP contribution in [0.3, 0.4) is 0 Å². The van der Waals surface area contributed by atoms with Crippen LogP contribution in [0.1, 0.15) is 37.8 Å². The molecule has 1 aliphatic rings. The minimum Gasteiger partial charge on any atom is -0.486 e. The number of aromatic nitrogens is 2. The average Bonchev–Trinajstić information content (AvgIpc) is 3.23. The minimum absolute atomic E-state index is 0.106. The zero-order valence-electron chi connectivity index (χ0n) is 20.0. The van der Waals surface area contributed by atoms with Crippen molar-refractivity contribution in [1.82, 2.24) is 9.78 Å². The molecule has 1 N–H and O–H groups in total. The first-order valence-corrected chi connectivity index (χ1v) is 13.6. The van der Waals surface area contributed by atoms with E-state index in [0.717, 1.165) is 4.31 Å². The Morgan fingerprint density at radius 3 is 2.70 bits per heavy atom. The van der Waals surface area contributed by atoms with Crippen molar-refractivity contribution in [3.8, 4) is 5.75 Å². The molecule has 0 aliphatic carbocycles. The predicted octanol–water partition coefficient (Wildman–Crippen LogP) is 5.73. The topological polar surface area (TPSA) is 102 Å². The fourth-order valence-electron chi connectivity index (χ4n) is 4.11. The van der Waals surface area contributed by atoms with Crippen LogP contribution in [-0.2, 0) is 21.4 Å². The fraction of sp³-hybridized carbons (Fsp3) is 0.280. The number of aryl methyl sites for hydroxylation is 1. The molecule has 2 aromatic carbocycles. The third kappa shape index (κ3) is 5.61. The summed E-state index contributed by atoms with van der Waals surface area (Å²) in [4.78, 5) is 11.0. The van der Waals surface area contributed by atoms with Crippen LogP contribution in [0.2, 0.25) is 10.2 Å². The van der Waals surface area contributed by atoms with Gasteiger partial charge in [-0.2, -0.15) is 5.10 Å². The van der Waals surface area contributed by atoms with Crippen LogP contribution in [0.4, 0.5) is 10.1 Å². The standard InChI is InChI=1S/C25H24Cl2FN3O5S/c1-3-30-14-22(25(27)29-30)37(34,35)31-13-17(8-10-23(32)33)36-21-9-7-16(12-20(21)31)11-15(2)24-18(26)5-4-6-19(24)28/h4-7,9,11-12,14,17H,3,8,10,13H2,1-2H3,(H,32,33)/b15-11+/t17-/m0/s1. The smallest absolute Gasteiger partial charge is 0.303 e. The number of fused-ring (bicyclic) bond motifs is 1. The molecule has 0 radical (unpaired) electrons. The van der Waals surface area contributed by atoms with Crippen molar-refractivity contribution in [3.63, 3.8) is 0 Å². The summed E-state index contributed by atoms with van der Waals surface area (Å²) in [5.41, 5.74) is 1.61. The van der Waals surface area contributed by atoms with E-state index in [1.54, 1.807) is 44.2 Å². The number of hydrogen-bond donors (Lipinski definition) is 1. The lowest BCUT2D eigenvalue weighted by Crippen LogP contribution is -2.43. The molecule has 0 fully saturated rings. The van der Waals surface area contributed by atoms with Crippen LogP contribution in [0.25, 0.3) is 11.6 Å². The van der Waals surface area contributed by atoms with Gasteiger partial charge >= 0.3 is 5.97 Å². The second kappa shape index (κ2) is 10.7.